The van der Waals surface area contributed by atoms with Gasteiger partial charge in [-0.2, -0.15) is 0 Å². The van der Waals surface area contributed by atoms with Gasteiger partial charge in [0.1, 0.15) is 5.75 Å². The minimum Gasteiger partial charge on any atom is -0.481 e. The lowest BCUT2D eigenvalue weighted by molar-refractivity contribution is -0.898. The summed E-state index contributed by atoms with van der Waals surface area (Å²) in [6.45, 7) is 10.1. The van der Waals surface area contributed by atoms with Gasteiger partial charge in [-0.25, -0.2) is 0 Å². The molecule has 1 aromatic carbocycles. The summed E-state index contributed by atoms with van der Waals surface area (Å²) in [5.41, 5.74) is 0. The van der Waals surface area contributed by atoms with E-state index < -0.39 is 6.10 Å². The normalized spacial score (nSPS) is 17.3. The Labute approximate surface area is 134 Å². The van der Waals surface area contributed by atoms with Gasteiger partial charge in [0.25, 0.3) is 5.91 Å². The van der Waals surface area contributed by atoms with Gasteiger partial charge < -0.3 is 14.5 Å². The van der Waals surface area contributed by atoms with Crippen LogP contribution in [0.25, 0.3) is 0 Å². The fraction of sp³-hybridized carbons (Fsp3) is 0.438. The number of hydrogen-bond donors (Lipinski definition) is 1. The minimum absolute atomic E-state index is 0.0626. The maximum absolute atomic E-state index is 12.4. The van der Waals surface area contributed by atoms with E-state index in [0.29, 0.717) is 5.75 Å². The van der Waals surface area contributed by atoms with E-state index in [-0.39, 0.29) is 5.91 Å². The van der Waals surface area contributed by atoms with Crippen molar-refractivity contribution in [3.63, 3.8) is 0 Å². The Morgan fingerprint density at radius 2 is 2.24 bits per heavy atom. The van der Waals surface area contributed by atoms with Gasteiger partial charge in [-0.3, -0.25) is 4.79 Å². The van der Waals surface area contributed by atoms with Crippen LogP contribution in [0.1, 0.15) is 6.92 Å². The average molecular weight is 354 g/mol. The molecule has 0 aromatic heterocycles. The van der Waals surface area contributed by atoms with Crippen molar-refractivity contribution in [2.24, 2.45) is 0 Å². The fourth-order valence-corrected chi connectivity index (χ4v) is 2.88. The molecule has 1 saturated heterocycles. The molecule has 1 amide bonds. The number of amides is 1. The molecular formula is C16H22BrN2O2+. The molecule has 2 rings (SSSR count). The van der Waals surface area contributed by atoms with E-state index in [2.05, 4.69) is 22.5 Å². The van der Waals surface area contributed by atoms with Crippen molar-refractivity contribution < 1.29 is 14.4 Å². The summed E-state index contributed by atoms with van der Waals surface area (Å²) in [5, 5.41) is 0. The summed E-state index contributed by atoms with van der Waals surface area (Å²) in [6, 6.07) is 7.56. The zero-order valence-electron chi connectivity index (χ0n) is 12.3. The maximum Gasteiger partial charge on any atom is 0.263 e. The van der Waals surface area contributed by atoms with Gasteiger partial charge in [0.15, 0.2) is 6.10 Å². The zero-order valence-corrected chi connectivity index (χ0v) is 13.9. The number of quaternary nitrogens is 1. The van der Waals surface area contributed by atoms with Crippen molar-refractivity contribution in [3.8, 4) is 5.75 Å². The highest BCUT2D eigenvalue weighted by atomic mass is 79.9. The van der Waals surface area contributed by atoms with Gasteiger partial charge in [-0.1, -0.05) is 28.6 Å². The molecule has 21 heavy (non-hydrogen) atoms. The van der Waals surface area contributed by atoms with Gasteiger partial charge in [0.2, 0.25) is 0 Å². The van der Waals surface area contributed by atoms with E-state index >= 15 is 0 Å². The van der Waals surface area contributed by atoms with Crippen LogP contribution in [-0.4, -0.2) is 49.6 Å². The molecule has 1 N–H and O–H groups in total. The van der Waals surface area contributed by atoms with Crippen molar-refractivity contribution >= 4 is 21.8 Å². The van der Waals surface area contributed by atoms with Gasteiger partial charge in [0.05, 0.1) is 32.7 Å². The van der Waals surface area contributed by atoms with Gasteiger partial charge in [-0.05, 0) is 31.2 Å². The number of carbonyl (C=O) groups excluding carboxylic acids is 1. The third-order valence-corrected chi connectivity index (χ3v) is 4.17. The Morgan fingerprint density at radius 1 is 1.52 bits per heavy atom. The second-order valence-electron chi connectivity index (χ2n) is 5.29. The number of benzene rings is 1. The molecular weight excluding hydrogens is 332 g/mol. The molecule has 4 nitrogen and oxygen atoms in total. The van der Waals surface area contributed by atoms with E-state index in [1.165, 1.54) is 4.90 Å². The molecule has 1 heterocycles. The molecule has 1 atom stereocenters. The second kappa shape index (κ2) is 7.61. The van der Waals surface area contributed by atoms with Crippen molar-refractivity contribution in [2.45, 2.75) is 13.0 Å². The molecule has 0 bridgehead atoms. The number of nitrogens with zero attached hydrogens (tertiary/aromatic N) is 1. The lowest BCUT2D eigenvalue weighted by Gasteiger charge is -2.33. The predicted molar refractivity (Wildman–Crippen MR) is 86.6 cm³/mol. The maximum atomic E-state index is 12.4. The quantitative estimate of drug-likeness (QED) is 0.805. The van der Waals surface area contributed by atoms with Gasteiger partial charge >= 0.3 is 0 Å². The molecule has 1 aliphatic heterocycles. The standard InChI is InChI=1S/C16H21BrN2O2/c1-3-7-18-8-10-19(11-9-18)16(20)13(2)21-15-6-4-5-14(17)12-15/h3-6,12-13H,1,7-11H2,2H3/p+1/t13-/m1/s1. The molecule has 0 spiro atoms. The number of nitrogens with one attached hydrogen (secondary N) is 1. The summed E-state index contributed by atoms with van der Waals surface area (Å²) >= 11 is 3.40. The number of rotatable bonds is 5. The lowest BCUT2D eigenvalue weighted by Crippen LogP contribution is -3.14. The summed E-state index contributed by atoms with van der Waals surface area (Å²) in [5.74, 6) is 0.772. The highest BCUT2D eigenvalue weighted by Crippen LogP contribution is 2.19. The molecule has 0 saturated carbocycles. The van der Waals surface area contributed by atoms with Crippen LogP contribution in [0, 0.1) is 0 Å². The topological polar surface area (TPSA) is 34.0 Å². The average Bonchev–Trinajstić information content (AvgIpc) is 2.47. The third-order valence-electron chi connectivity index (χ3n) is 3.67. The van der Waals surface area contributed by atoms with Crippen LogP contribution in [0.4, 0.5) is 0 Å². The van der Waals surface area contributed by atoms with E-state index in [1.54, 1.807) is 0 Å². The van der Waals surface area contributed by atoms with Gasteiger partial charge in [-0.15, -0.1) is 0 Å². The summed E-state index contributed by atoms with van der Waals surface area (Å²) in [7, 11) is 0. The summed E-state index contributed by atoms with van der Waals surface area (Å²) < 4.78 is 6.69. The van der Waals surface area contributed by atoms with E-state index in [1.807, 2.05) is 42.2 Å². The van der Waals surface area contributed by atoms with Crippen LogP contribution >= 0.6 is 15.9 Å². The Kier molecular flexibility index (Phi) is 5.82. The largest absolute Gasteiger partial charge is 0.481 e. The Hall–Kier alpha value is -1.33. The van der Waals surface area contributed by atoms with E-state index in [4.69, 9.17) is 4.74 Å². The molecule has 0 unspecified atom stereocenters. The number of carbonyl (C=O) groups is 1. The number of ether oxygens (including phenoxy) is 1. The van der Waals surface area contributed by atoms with E-state index in [9.17, 15) is 4.79 Å². The monoisotopic (exact) mass is 353 g/mol. The molecule has 1 aliphatic rings. The Morgan fingerprint density at radius 3 is 2.86 bits per heavy atom. The van der Waals surface area contributed by atoms with Gasteiger partial charge in [0, 0.05) is 4.47 Å². The first kappa shape index (κ1) is 16.0. The third kappa shape index (κ3) is 4.58. The van der Waals surface area contributed by atoms with Crippen LogP contribution in [0.5, 0.6) is 5.75 Å². The fourth-order valence-electron chi connectivity index (χ4n) is 2.50. The minimum atomic E-state index is -0.458. The molecule has 5 heteroatoms. The van der Waals surface area contributed by atoms with Crippen LogP contribution in [0.15, 0.2) is 41.4 Å². The molecule has 0 radical (unpaired) electrons. The highest BCUT2D eigenvalue weighted by Gasteiger charge is 2.27. The molecule has 1 aromatic rings. The number of hydrogen-bond acceptors (Lipinski definition) is 2. The molecule has 1 fully saturated rings. The van der Waals surface area contributed by atoms with Crippen molar-refractivity contribution in [1.82, 2.24) is 4.90 Å². The van der Waals surface area contributed by atoms with Crippen molar-refractivity contribution in [3.05, 3.63) is 41.4 Å². The lowest BCUT2D eigenvalue weighted by atomic mass is 10.2. The second-order valence-corrected chi connectivity index (χ2v) is 6.20. The zero-order chi connectivity index (χ0) is 15.2. The Bertz CT molecular complexity index is 499. The van der Waals surface area contributed by atoms with Crippen molar-refractivity contribution in [2.75, 3.05) is 32.7 Å². The summed E-state index contributed by atoms with van der Waals surface area (Å²) in [4.78, 5) is 15.8. The first-order chi connectivity index (χ1) is 10.1. The van der Waals surface area contributed by atoms with Crippen LogP contribution in [-0.2, 0) is 4.79 Å². The summed E-state index contributed by atoms with van der Waals surface area (Å²) in [6.07, 6.45) is 1.48. The first-order valence-electron chi connectivity index (χ1n) is 7.25. The SMILES string of the molecule is C=CC[NH+]1CCN(C(=O)[C@@H](C)Oc2cccc(Br)c2)CC1. The number of halogens is 1. The van der Waals surface area contributed by atoms with E-state index in [0.717, 1.165) is 37.2 Å². The van der Waals surface area contributed by atoms with Crippen LogP contribution in [0.2, 0.25) is 0 Å². The number of piperazine rings is 1. The highest BCUT2D eigenvalue weighted by molar-refractivity contribution is 9.10. The van der Waals surface area contributed by atoms with Crippen LogP contribution in [0.3, 0.4) is 0 Å². The predicted octanol–water partition coefficient (Wildman–Crippen LogP) is 1.13. The molecule has 0 aliphatic carbocycles. The van der Waals surface area contributed by atoms with Crippen molar-refractivity contribution in [1.29, 1.82) is 0 Å². The van der Waals surface area contributed by atoms with Crippen LogP contribution < -0.4 is 9.64 Å². The smallest absolute Gasteiger partial charge is 0.263 e. The first-order valence-corrected chi connectivity index (χ1v) is 8.05. The Balaban J connectivity index is 1.87. The molecule has 114 valence electrons.